The zero-order chi connectivity index (χ0) is 10.4. The lowest BCUT2D eigenvalue weighted by molar-refractivity contribution is -0.131. The van der Waals surface area contributed by atoms with Gasteiger partial charge in [0.05, 0.1) is 0 Å². The molecule has 0 aromatic rings. The van der Waals surface area contributed by atoms with Crippen molar-refractivity contribution in [2.75, 3.05) is 20.0 Å². The molecule has 0 aliphatic rings. The smallest absolute Gasteiger partial charge is 0.327 e. The molecule has 0 aromatic carbocycles. The highest BCUT2D eigenvalue weighted by molar-refractivity contribution is 6.17. The minimum atomic E-state index is -0.981. The van der Waals surface area contributed by atoms with Crippen LogP contribution in [0.5, 0.6) is 0 Å². The van der Waals surface area contributed by atoms with E-state index in [1.54, 1.807) is 0 Å². The first kappa shape index (κ1) is 17.5. The van der Waals surface area contributed by atoms with Gasteiger partial charge in [-0.3, -0.25) is 0 Å². The molecule has 0 aliphatic carbocycles. The van der Waals surface area contributed by atoms with Crippen LogP contribution >= 0.6 is 11.6 Å². The third-order valence-corrected chi connectivity index (χ3v) is 0.742. The standard InChI is InChI=1S/C3H7Cl.C3H4O2.C2H7N/c1-2-3-4;1-2-3(4)5;1-3-2/h2-3H2,1H3;2H,1H2,(H,4,5);3H,1-2H3. The van der Waals surface area contributed by atoms with E-state index in [2.05, 4.69) is 11.9 Å². The SMILES string of the molecule is C=CC(=O)O.CCCCl.CNC. The van der Waals surface area contributed by atoms with Gasteiger partial charge in [-0.25, -0.2) is 4.79 Å². The zero-order valence-electron chi connectivity index (χ0n) is 7.93. The Bertz CT molecular complexity index is 95.1. The largest absolute Gasteiger partial charge is 0.478 e. The van der Waals surface area contributed by atoms with Gasteiger partial charge in [0.15, 0.2) is 0 Å². The molecule has 2 N–H and O–H groups in total. The molecule has 0 unspecified atom stereocenters. The Morgan fingerprint density at radius 2 is 1.83 bits per heavy atom. The molecule has 0 heterocycles. The van der Waals surface area contributed by atoms with E-state index >= 15 is 0 Å². The van der Waals surface area contributed by atoms with Crippen molar-refractivity contribution >= 4 is 17.6 Å². The fraction of sp³-hybridized carbons (Fsp3) is 0.625. The van der Waals surface area contributed by atoms with Crippen LogP contribution in [0.15, 0.2) is 12.7 Å². The molecule has 0 atom stereocenters. The van der Waals surface area contributed by atoms with Crippen molar-refractivity contribution in [1.82, 2.24) is 5.32 Å². The molecule has 12 heavy (non-hydrogen) atoms. The van der Waals surface area contributed by atoms with Crippen LogP contribution in [0, 0.1) is 0 Å². The Morgan fingerprint density at radius 1 is 1.67 bits per heavy atom. The van der Waals surface area contributed by atoms with Crippen LogP contribution in [0.25, 0.3) is 0 Å². The van der Waals surface area contributed by atoms with Crippen LogP contribution in [0.2, 0.25) is 0 Å². The number of nitrogens with one attached hydrogen (secondary N) is 1. The van der Waals surface area contributed by atoms with Crippen molar-refractivity contribution < 1.29 is 9.90 Å². The van der Waals surface area contributed by atoms with Gasteiger partial charge in [-0.2, -0.15) is 0 Å². The van der Waals surface area contributed by atoms with Gasteiger partial charge in [0.25, 0.3) is 0 Å². The Hall–Kier alpha value is -0.540. The van der Waals surface area contributed by atoms with Gasteiger partial charge in [0, 0.05) is 12.0 Å². The van der Waals surface area contributed by atoms with Crippen LogP contribution in [0.4, 0.5) is 0 Å². The van der Waals surface area contributed by atoms with Crippen molar-refractivity contribution in [1.29, 1.82) is 0 Å². The summed E-state index contributed by atoms with van der Waals surface area (Å²) in [4.78, 5) is 9.25. The van der Waals surface area contributed by atoms with Crippen molar-refractivity contribution in [2.24, 2.45) is 0 Å². The van der Waals surface area contributed by atoms with Crippen LogP contribution in [0.3, 0.4) is 0 Å². The lowest BCUT2D eigenvalue weighted by atomic mass is 10.6. The lowest BCUT2D eigenvalue weighted by Crippen LogP contribution is -1.89. The van der Waals surface area contributed by atoms with Crippen LogP contribution in [-0.4, -0.2) is 31.1 Å². The number of carboxylic acid groups (broad SMARTS) is 1. The minimum absolute atomic E-state index is 0.792. The second-order valence-corrected chi connectivity index (χ2v) is 2.11. The van der Waals surface area contributed by atoms with Crippen molar-refractivity contribution in [2.45, 2.75) is 13.3 Å². The molecule has 0 rings (SSSR count). The van der Waals surface area contributed by atoms with E-state index in [-0.39, 0.29) is 0 Å². The van der Waals surface area contributed by atoms with Gasteiger partial charge in [-0.1, -0.05) is 13.5 Å². The molecule has 0 aromatic heterocycles. The number of aliphatic carboxylic acids is 1. The van der Waals surface area contributed by atoms with E-state index in [0.29, 0.717) is 0 Å². The van der Waals surface area contributed by atoms with Gasteiger partial charge in [-0.15, -0.1) is 11.6 Å². The van der Waals surface area contributed by atoms with E-state index < -0.39 is 5.97 Å². The van der Waals surface area contributed by atoms with E-state index in [1.165, 1.54) is 0 Å². The van der Waals surface area contributed by atoms with E-state index in [4.69, 9.17) is 16.7 Å². The molecule has 0 spiro atoms. The van der Waals surface area contributed by atoms with Gasteiger partial charge in [0.2, 0.25) is 0 Å². The van der Waals surface area contributed by atoms with Crippen molar-refractivity contribution in [3.8, 4) is 0 Å². The number of alkyl halides is 1. The number of hydrogen-bond acceptors (Lipinski definition) is 2. The van der Waals surface area contributed by atoms with E-state index in [1.807, 2.05) is 21.0 Å². The first-order chi connectivity index (χ1) is 5.60. The molecule has 4 heteroatoms. The molecule has 0 saturated carbocycles. The average Bonchev–Trinajstić information content (AvgIpc) is 2.06. The van der Waals surface area contributed by atoms with E-state index in [9.17, 15) is 4.79 Å². The Balaban J connectivity index is -0.000000105. The van der Waals surface area contributed by atoms with Crippen molar-refractivity contribution in [3.63, 3.8) is 0 Å². The summed E-state index contributed by atoms with van der Waals surface area (Å²) >= 11 is 5.19. The van der Waals surface area contributed by atoms with E-state index in [0.717, 1.165) is 18.4 Å². The Labute approximate surface area is 79.4 Å². The molecule has 0 saturated heterocycles. The number of carboxylic acids is 1. The first-order valence-corrected chi connectivity index (χ1v) is 4.13. The Morgan fingerprint density at radius 3 is 1.83 bits per heavy atom. The number of carbonyl (C=O) groups is 1. The van der Waals surface area contributed by atoms with Gasteiger partial charge < -0.3 is 10.4 Å². The molecule has 0 bridgehead atoms. The highest BCUT2D eigenvalue weighted by Gasteiger charge is 1.73. The summed E-state index contributed by atoms with van der Waals surface area (Å²) in [6, 6.07) is 0. The molecule has 0 fully saturated rings. The monoisotopic (exact) mass is 195 g/mol. The maximum Gasteiger partial charge on any atom is 0.327 e. The second kappa shape index (κ2) is 22.4. The normalized spacial score (nSPS) is 6.67. The predicted octanol–water partition coefficient (Wildman–Crippen LogP) is 1.73. The van der Waals surface area contributed by atoms with Gasteiger partial charge >= 0.3 is 5.97 Å². The fourth-order valence-corrected chi connectivity index (χ4v) is 0. The van der Waals surface area contributed by atoms with Crippen LogP contribution < -0.4 is 5.32 Å². The van der Waals surface area contributed by atoms with Crippen LogP contribution in [-0.2, 0) is 4.79 Å². The summed E-state index contributed by atoms with van der Waals surface area (Å²) in [6.45, 7) is 5.01. The highest BCUT2D eigenvalue weighted by Crippen LogP contribution is 1.75. The Kier molecular flexibility index (Phi) is 32.7. The fourth-order valence-electron chi connectivity index (χ4n) is 0. The van der Waals surface area contributed by atoms with Crippen molar-refractivity contribution in [3.05, 3.63) is 12.7 Å². The van der Waals surface area contributed by atoms with Crippen LogP contribution in [0.1, 0.15) is 13.3 Å². The summed E-state index contributed by atoms with van der Waals surface area (Å²) < 4.78 is 0. The topological polar surface area (TPSA) is 49.3 Å². The minimum Gasteiger partial charge on any atom is -0.478 e. The molecule has 0 aliphatic heterocycles. The quantitative estimate of drug-likeness (QED) is 0.521. The summed E-state index contributed by atoms with van der Waals surface area (Å²) in [5.74, 6) is -0.190. The maximum absolute atomic E-state index is 9.25. The summed E-state index contributed by atoms with van der Waals surface area (Å²) in [5, 5.41) is 10.4. The third kappa shape index (κ3) is 112. The molecular weight excluding hydrogens is 178 g/mol. The summed E-state index contributed by atoms with van der Waals surface area (Å²) in [7, 11) is 3.75. The number of rotatable bonds is 2. The molecule has 3 nitrogen and oxygen atoms in total. The molecule has 0 radical (unpaired) electrons. The molecule has 74 valence electrons. The lowest BCUT2D eigenvalue weighted by Gasteiger charge is -1.65. The number of hydrogen-bond donors (Lipinski definition) is 2. The maximum atomic E-state index is 9.25. The van der Waals surface area contributed by atoms with Gasteiger partial charge in [-0.05, 0) is 20.5 Å². The predicted molar refractivity (Wildman–Crippen MR) is 53.8 cm³/mol. The molecule has 0 amide bonds. The first-order valence-electron chi connectivity index (χ1n) is 3.60. The second-order valence-electron chi connectivity index (χ2n) is 1.73. The van der Waals surface area contributed by atoms with Gasteiger partial charge in [0.1, 0.15) is 0 Å². The zero-order valence-corrected chi connectivity index (χ0v) is 8.69. The summed E-state index contributed by atoms with van der Waals surface area (Å²) in [6.07, 6.45) is 1.92. The third-order valence-electron chi connectivity index (χ3n) is 0.364. The highest BCUT2D eigenvalue weighted by atomic mass is 35.5. The number of halogens is 1. The average molecular weight is 196 g/mol. The molecular formula is C8H18ClNO2. The summed E-state index contributed by atoms with van der Waals surface area (Å²) in [5.41, 5.74) is 0.